The quantitative estimate of drug-likeness (QED) is 0.610. The fraction of sp³-hybridized carbons (Fsp3) is 0.0833. The molecule has 0 amide bonds. The zero-order valence-corrected chi connectivity index (χ0v) is 8.27. The van der Waals surface area contributed by atoms with Crippen molar-refractivity contribution in [2.45, 2.75) is 6.92 Å². The standard InChI is InChI=1S/C12H11FO2/c1-9(8-12(14)15)2-3-10-4-6-11(13)7-5-10/h2-8H,1H3,(H,14,15)/b3-2+,9-8-. The van der Waals surface area contributed by atoms with Gasteiger partial charge in [0.1, 0.15) is 5.82 Å². The lowest BCUT2D eigenvalue weighted by atomic mass is 10.1. The molecule has 0 spiro atoms. The topological polar surface area (TPSA) is 37.3 Å². The number of aliphatic carboxylic acids is 1. The van der Waals surface area contributed by atoms with Gasteiger partial charge < -0.3 is 5.11 Å². The molecular formula is C12H11FO2. The van der Waals surface area contributed by atoms with Gasteiger partial charge >= 0.3 is 5.97 Å². The van der Waals surface area contributed by atoms with Crippen LogP contribution in [0.25, 0.3) is 6.08 Å². The van der Waals surface area contributed by atoms with E-state index >= 15 is 0 Å². The summed E-state index contributed by atoms with van der Waals surface area (Å²) in [6.07, 6.45) is 4.51. The zero-order chi connectivity index (χ0) is 11.3. The lowest BCUT2D eigenvalue weighted by Crippen LogP contribution is -1.87. The number of benzene rings is 1. The minimum atomic E-state index is -0.976. The summed E-state index contributed by atoms with van der Waals surface area (Å²) in [7, 11) is 0. The molecule has 0 radical (unpaired) electrons. The van der Waals surface area contributed by atoms with Crippen LogP contribution >= 0.6 is 0 Å². The van der Waals surface area contributed by atoms with Crippen LogP contribution in [-0.2, 0) is 4.79 Å². The summed E-state index contributed by atoms with van der Waals surface area (Å²) in [5, 5.41) is 8.46. The van der Waals surface area contributed by atoms with Crippen LogP contribution < -0.4 is 0 Å². The second-order valence-corrected chi connectivity index (χ2v) is 3.11. The van der Waals surface area contributed by atoms with Gasteiger partial charge in [0.05, 0.1) is 0 Å². The average Bonchev–Trinajstić information content (AvgIpc) is 2.16. The Hall–Kier alpha value is -1.90. The predicted octanol–water partition coefficient (Wildman–Crippen LogP) is 2.87. The molecule has 1 N–H and O–H groups in total. The Kier molecular flexibility index (Phi) is 3.80. The summed E-state index contributed by atoms with van der Waals surface area (Å²) in [6, 6.07) is 5.96. The van der Waals surface area contributed by atoms with Gasteiger partial charge in [-0.3, -0.25) is 0 Å². The molecule has 1 rings (SSSR count). The SMILES string of the molecule is CC(=C/C(=O)O)/C=C/c1ccc(F)cc1. The van der Waals surface area contributed by atoms with Crippen molar-refractivity contribution in [3.63, 3.8) is 0 Å². The number of allylic oxidation sites excluding steroid dienone is 2. The largest absolute Gasteiger partial charge is 0.478 e. The van der Waals surface area contributed by atoms with Crippen LogP contribution in [0.1, 0.15) is 12.5 Å². The zero-order valence-electron chi connectivity index (χ0n) is 8.27. The molecule has 1 aromatic rings. The molecule has 2 nitrogen and oxygen atoms in total. The molecule has 0 aliphatic carbocycles. The predicted molar refractivity (Wildman–Crippen MR) is 56.8 cm³/mol. The first kappa shape index (κ1) is 11.2. The monoisotopic (exact) mass is 206 g/mol. The Balaban J connectivity index is 2.73. The van der Waals surface area contributed by atoms with Crippen LogP contribution in [0.2, 0.25) is 0 Å². The van der Waals surface area contributed by atoms with E-state index in [0.29, 0.717) is 5.57 Å². The third-order valence-electron chi connectivity index (χ3n) is 1.76. The highest BCUT2D eigenvalue weighted by molar-refractivity contribution is 5.81. The third kappa shape index (κ3) is 4.22. The van der Waals surface area contributed by atoms with Crippen molar-refractivity contribution in [1.29, 1.82) is 0 Å². The highest BCUT2D eigenvalue weighted by Gasteiger charge is 1.91. The van der Waals surface area contributed by atoms with E-state index in [9.17, 15) is 9.18 Å². The maximum absolute atomic E-state index is 12.5. The maximum atomic E-state index is 12.5. The van der Waals surface area contributed by atoms with Crippen LogP contribution in [-0.4, -0.2) is 11.1 Å². The Bertz CT molecular complexity index is 402. The molecule has 0 aromatic heterocycles. The fourth-order valence-corrected chi connectivity index (χ4v) is 1.04. The molecule has 0 heterocycles. The molecule has 0 atom stereocenters. The van der Waals surface area contributed by atoms with Gasteiger partial charge in [0.2, 0.25) is 0 Å². The van der Waals surface area contributed by atoms with Crippen molar-refractivity contribution >= 4 is 12.0 Å². The summed E-state index contributed by atoms with van der Waals surface area (Å²) in [4.78, 5) is 10.3. The lowest BCUT2D eigenvalue weighted by molar-refractivity contribution is -0.131. The van der Waals surface area contributed by atoms with E-state index in [1.54, 1.807) is 31.2 Å². The molecule has 0 saturated carbocycles. The molecule has 78 valence electrons. The molecule has 0 fully saturated rings. The first-order valence-corrected chi connectivity index (χ1v) is 4.43. The third-order valence-corrected chi connectivity index (χ3v) is 1.76. The number of carbonyl (C=O) groups is 1. The molecule has 0 bridgehead atoms. The van der Waals surface area contributed by atoms with E-state index in [1.165, 1.54) is 12.1 Å². The molecular weight excluding hydrogens is 195 g/mol. The molecule has 0 unspecified atom stereocenters. The number of carboxylic acid groups (broad SMARTS) is 1. The van der Waals surface area contributed by atoms with Crippen molar-refractivity contribution in [1.82, 2.24) is 0 Å². The van der Waals surface area contributed by atoms with E-state index < -0.39 is 5.97 Å². The van der Waals surface area contributed by atoms with Gasteiger partial charge in [-0.05, 0) is 30.2 Å². The summed E-state index contributed by atoms with van der Waals surface area (Å²) >= 11 is 0. The smallest absolute Gasteiger partial charge is 0.328 e. The van der Waals surface area contributed by atoms with E-state index in [2.05, 4.69) is 0 Å². The second-order valence-electron chi connectivity index (χ2n) is 3.11. The number of halogens is 1. The molecule has 15 heavy (non-hydrogen) atoms. The van der Waals surface area contributed by atoms with E-state index in [1.807, 2.05) is 0 Å². The van der Waals surface area contributed by atoms with Crippen molar-refractivity contribution < 1.29 is 14.3 Å². The normalized spacial score (nSPS) is 12.0. The Labute approximate surface area is 87.4 Å². The number of hydrogen-bond acceptors (Lipinski definition) is 1. The van der Waals surface area contributed by atoms with Crippen LogP contribution in [0.5, 0.6) is 0 Å². The van der Waals surface area contributed by atoms with Crippen LogP contribution in [0, 0.1) is 5.82 Å². The maximum Gasteiger partial charge on any atom is 0.328 e. The van der Waals surface area contributed by atoms with Gasteiger partial charge in [0.25, 0.3) is 0 Å². The minimum Gasteiger partial charge on any atom is -0.478 e. The number of carboxylic acids is 1. The van der Waals surface area contributed by atoms with Gasteiger partial charge in [-0.15, -0.1) is 0 Å². The van der Waals surface area contributed by atoms with Crippen LogP contribution in [0.15, 0.2) is 42.0 Å². The van der Waals surface area contributed by atoms with E-state index in [0.717, 1.165) is 11.6 Å². The Morgan fingerprint density at radius 3 is 2.47 bits per heavy atom. The highest BCUT2D eigenvalue weighted by atomic mass is 19.1. The molecule has 0 saturated heterocycles. The van der Waals surface area contributed by atoms with Gasteiger partial charge in [-0.25, -0.2) is 9.18 Å². The molecule has 0 aliphatic rings. The first-order valence-electron chi connectivity index (χ1n) is 4.43. The summed E-state index contributed by atoms with van der Waals surface area (Å²) in [6.45, 7) is 1.69. The van der Waals surface area contributed by atoms with Crippen LogP contribution in [0.3, 0.4) is 0 Å². The van der Waals surface area contributed by atoms with Gasteiger partial charge in [-0.1, -0.05) is 24.3 Å². The fourth-order valence-electron chi connectivity index (χ4n) is 1.04. The first-order chi connectivity index (χ1) is 7.08. The van der Waals surface area contributed by atoms with E-state index in [4.69, 9.17) is 5.11 Å². The summed E-state index contributed by atoms with van der Waals surface area (Å²) in [5.41, 5.74) is 1.46. The summed E-state index contributed by atoms with van der Waals surface area (Å²) in [5.74, 6) is -1.26. The molecule has 3 heteroatoms. The number of rotatable bonds is 3. The Morgan fingerprint density at radius 1 is 1.33 bits per heavy atom. The lowest BCUT2D eigenvalue weighted by Gasteiger charge is -1.93. The molecule has 1 aromatic carbocycles. The van der Waals surface area contributed by atoms with Crippen molar-refractivity contribution in [3.05, 3.63) is 53.4 Å². The van der Waals surface area contributed by atoms with Gasteiger partial charge in [0, 0.05) is 6.08 Å². The van der Waals surface area contributed by atoms with Crippen LogP contribution in [0.4, 0.5) is 4.39 Å². The van der Waals surface area contributed by atoms with Gasteiger partial charge in [0.15, 0.2) is 0 Å². The minimum absolute atomic E-state index is 0.287. The van der Waals surface area contributed by atoms with E-state index in [-0.39, 0.29) is 5.82 Å². The Morgan fingerprint density at radius 2 is 1.93 bits per heavy atom. The van der Waals surface area contributed by atoms with Crippen molar-refractivity contribution in [3.8, 4) is 0 Å². The highest BCUT2D eigenvalue weighted by Crippen LogP contribution is 2.06. The van der Waals surface area contributed by atoms with Crippen molar-refractivity contribution in [2.24, 2.45) is 0 Å². The second kappa shape index (κ2) is 5.10. The van der Waals surface area contributed by atoms with Crippen molar-refractivity contribution in [2.75, 3.05) is 0 Å². The van der Waals surface area contributed by atoms with Gasteiger partial charge in [-0.2, -0.15) is 0 Å². The molecule has 0 aliphatic heterocycles. The average molecular weight is 206 g/mol. The number of hydrogen-bond donors (Lipinski definition) is 1. The summed E-state index contributed by atoms with van der Waals surface area (Å²) < 4.78 is 12.5.